The van der Waals surface area contributed by atoms with Gasteiger partial charge in [-0.1, -0.05) is 17.3 Å². The van der Waals surface area contributed by atoms with E-state index in [1.165, 1.54) is 0 Å². The summed E-state index contributed by atoms with van der Waals surface area (Å²) in [5, 5.41) is 9.84. The van der Waals surface area contributed by atoms with Gasteiger partial charge in [-0.05, 0) is 57.9 Å². The third kappa shape index (κ3) is 2.63. The minimum atomic E-state index is 0.0241. The Morgan fingerprint density at radius 1 is 1.20 bits per heavy atom. The van der Waals surface area contributed by atoms with Gasteiger partial charge in [-0.15, -0.1) is 0 Å². The molecule has 1 aliphatic heterocycles. The van der Waals surface area contributed by atoms with Crippen LogP contribution in [-0.4, -0.2) is 43.8 Å². The van der Waals surface area contributed by atoms with Crippen molar-refractivity contribution in [3.8, 4) is 11.4 Å². The van der Waals surface area contributed by atoms with Crippen LogP contribution in [-0.2, 0) is 4.79 Å². The molecular formula is C23H27N5O2. The van der Waals surface area contributed by atoms with Gasteiger partial charge in [0.05, 0.1) is 17.1 Å². The maximum Gasteiger partial charge on any atom is 0.230 e. The number of amides is 1. The lowest BCUT2D eigenvalue weighted by molar-refractivity contribution is -0.178. The zero-order chi connectivity index (χ0) is 20.5. The number of piperidine rings is 1. The molecule has 2 bridgehead atoms. The predicted octanol–water partition coefficient (Wildman–Crippen LogP) is 4.17. The van der Waals surface area contributed by atoms with Crippen LogP contribution in [0.15, 0.2) is 28.9 Å². The Bertz CT molecular complexity index is 1100. The van der Waals surface area contributed by atoms with Crippen molar-refractivity contribution < 1.29 is 9.32 Å². The van der Waals surface area contributed by atoms with Gasteiger partial charge < -0.3 is 9.42 Å². The van der Waals surface area contributed by atoms with E-state index in [-0.39, 0.29) is 17.4 Å². The Morgan fingerprint density at radius 3 is 2.63 bits per heavy atom. The summed E-state index contributed by atoms with van der Waals surface area (Å²) in [6.07, 6.45) is 7.05. The molecule has 3 aliphatic carbocycles. The van der Waals surface area contributed by atoms with Gasteiger partial charge in [0.25, 0.3) is 0 Å². The number of carbonyl (C=O) groups is 1. The molecule has 2 aromatic heterocycles. The molecular weight excluding hydrogens is 378 g/mol. The van der Waals surface area contributed by atoms with E-state index in [0.29, 0.717) is 17.6 Å². The SMILES string of the molecule is CC(C)n1ncc2ccc(-c3noc(C4CCN(C(=O)C56CC(C5)C6)CC4)n3)cc21. The number of rotatable bonds is 4. The van der Waals surface area contributed by atoms with Gasteiger partial charge in [0, 0.05) is 36.0 Å². The minimum absolute atomic E-state index is 0.0241. The van der Waals surface area contributed by atoms with Gasteiger partial charge in [0.1, 0.15) is 0 Å². The minimum Gasteiger partial charge on any atom is -0.342 e. The number of nitrogens with zero attached hydrogens (tertiary/aromatic N) is 5. The first-order valence-corrected chi connectivity index (χ1v) is 11.1. The Hall–Kier alpha value is -2.70. The van der Waals surface area contributed by atoms with Gasteiger partial charge in [-0.25, -0.2) is 0 Å². The number of hydrogen-bond donors (Lipinski definition) is 0. The zero-order valence-electron chi connectivity index (χ0n) is 17.5. The molecule has 7 heteroatoms. The quantitative estimate of drug-likeness (QED) is 0.651. The van der Waals surface area contributed by atoms with E-state index in [0.717, 1.165) is 67.6 Å². The van der Waals surface area contributed by atoms with Gasteiger partial charge in [0.15, 0.2) is 0 Å². The Balaban J connectivity index is 1.17. The first-order chi connectivity index (χ1) is 14.5. The molecule has 30 heavy (non-hydrogen) atoms. The van der Waals surface area contributed by atoms with Crippen molar-refractivity contribution in [3.05, 3.63) is 30.3 Å². The summed E-state index contributed by atoms with van der Waals surface area (Å²) in [6.45, 7) is 5.84. The van der Waals surface area contributed by atoms with Crippen LogP contribution in [0.1, 0.15) is 63.8 Å². The van der Waals surface area contributed by atoms with Crippen LogP contribution >= 0.6 is 0 Å². The Kier molecular flexibility index (Phi) is 3.86. The average molecular weight is 406 g/mol. The highest BCUT2D eigenvalue weighted by Crippen LogP contribution is 2.65. The fourth-order valence-corrected chi connectivity index (χ4v) is 5.51. The summed E-state index contributed by atoms with van der Waals surface area (Å²) >= 11 is 0. The van der Waals surface area contributed by atoms with Crippen LogP contribution in [0, 0.1) is 11.3 Å². The number of hydrogen-bond acceptors (Lipinski definition) is 5. The molecule has 0 unspecified atom stereocenters. The van der Waals surface area contributed by atoms with Crippen LogP contribution in [0.3, 0.4) is 0 Å². The summed E-state index contributed by atoms with van der Waals surface area (Å²) in [6, 6.07) is 6.45. The Morgan fingerprint density at radius 2 is 1.97 bits per heavy atom. The first kappa shape index (κ1) is 18.1. The molecule has 1 saturated heterocycles. The molecule has 0 N–H and O–H groups in total. The van der Waals surface area contributed by atoms with Crippen molar-refractivity contribution in [1.82, 2.24) is 24.8 Å². The second-order valence-electron chi connectivity index (χ2n) is 9.74. The van der Waals surface area contributed by atoms with Gasteiger partial charge in [-0.3, -0.25) is 9.48 Å². The monoisotopic (exact) mass is 405 g/mol. The van der Waals surface area contributed by atoms with Crippen molar-refractivity contribution in [3.63, 3.8) is 0 Å². The highest BCUT2D eigenvalue weighted by molar-refractivity contribution is 5.86. The van der Waals surface area contributed by atoms with Gasteiger partial charge >= 0.3 is 0 Å². The van der Waals surface area contributed by atoms with E-state index in [9.17, 15) is 4.79 Å². The van der Waals surface area contributed by atoms with Gasteiger partial charge in [0.2, 0.25) is 17.6 Å². The van der Waals surface area contributed by atoms with Crippen LogP contribution in [0.2, 0.25) is 0 Å². The third-order valence-corrected chi connectivity index (χ3v) is 7.41. The number of fused-ring (bicyclic) bond motifs is 1. The highest BCUT2D eigenvalue weighted by Gasteiger charge is 2.62. The lowest BCUT2D eigenvalue weighted by atomic mass is 9.44. The number of aromatic nitrogens is 4. The molecule has 4 fully saturated rings. The fourth-order valence-electron chi connectivity index (χ4n) is 5.51. The topological polar surface area (TPSA) is 77.0 Å². The molecule has 4 aliphatic rings. The first-order valence-electron chi connectivity index (χ1n) is 11.1. The third-order valence-electron chi connectivity index (χ3n) is 7.41. The summed E-state index contributed by atoms with van der Waals surface area (Å²) in [7, 11) is 0. The number of carbonyl (C=O) groups excluding carboxylic acids is 1. The van der Waals surface area contributed by atoms with E-state index in [2.05, 4.69) is 41.1 Å². The molecule has 1 amide bonds. The molecule has 3 saturated carbocycles. The summed E-state index contributed by atoms with van der Waals surface area (Å²) in [5.41, 5.74) is 2.04. The molecule has 7 rings (SSSR count). The van der Waals surface area contributed by atoms with E-state index in [4.69, 9.17) is 9.51 Å². The maximum absolute atomic E-state index is 12.8. The number of likely N-dealkylation sites (tertiary alicyclic amines) is 1. The summed E-state index contributed by atoms with van der Waals surface area (Å²) in [4.78, 5) is 19.6. The van der Waals surface area contributed by atoms with Crippen molar-refractivity contribution in [2.24, 2.45) is 11.3 Å². The van der Waals surface area contributed by atoms with Crippen molar-refractivity contribution in [2.75, 3.05) is 13.1 Å². The second-order valence-corrected chi connectivity index (χ2v) is 9.74. The summed E-state index contributed by atoms with van der Waals surface area (Å²) in [5.74, 6) is 2.77. The molecule has 3 aromatic rings. The van der Waals surface area contributed by atoms with E-state index in [1.807, 2.05) is 16.9 Å². The van der Waals surface area contributed by atoms with Crippen molar-refractivity contribution in [2.45, 2.75) is 57.9 Å². The van der Waals surface area contributed by atoms with E-state index >= 15 is 0 Å². The molecule has 0 atom stereocenters. The molecule has 7 nitrogen and oxygen atoms in total. The molecule has 0 radical (unpaired) electrons. The van der Waals surface area contributed by atoms with Crippen LogP contribution in [0.4, 0.5) is 0 Å². The summed E-state index contributed by atoms with van der Waals surface area (Å²) < 4.78 is 7.66. The molecule has 156 valence electrons. The molecule has 0 spiro atoms. The predicted molar refractivity (Wildman–Crippen MR) is 112 cm³/mol. The van der Waals surface area contributed by atoms with Crippen molar-refractivity contribution >= 4 is 16.8 Å². The lowest BCUT2D eigenvalue weighted by Gasteiger charge is -2.61. The van der Waals surface area contributed by atoms with Gasteiger partial charge in [-0.2, -0.15) is 10.1 Å². The molecule has 1 aromatic carbocycles. The number of benzene rings is 1. The molecule has 3 heterocycles. The highest BCUT2D eigenvalue weighted by atomic mass is 16.5. The van der Waals surface area contributed by atoms with E-state index in [1.54, 1.807) is 0 Å². The van der Waals surface area contributed by atoms with Crippen LogP contribution < -0.4 is 0 Å². The normalized spacial score (nSPS) is 26.1. The average Bonchev–Trinajstić information content (AvgIpc) is 3.32. The standard InChI is InChI=1S/C23H27N5O2/c1-14(2)28-19-9-17(3-4-18(19)13-24-28)20-25-21(30-26-20)16-5-7-27(8-6-16)22(29)23-10-15(11-23)12-23/h3-4,9,13-16H,5-8,10-12H2,1-2H3. The lowest BCUT2D eigenvalue weighted by Crippen LogP contribution is -2.61. The fraction of sp³-hybridized carbons (Fsp3) is 0.565. The van der Waals surface area contributed by atoms with Crippen LogP contribution in [0.5, 0.6) is 0 Å². The van der Waals surface area contributed by atoms with E-state index < -0.39 is 0 Å². The smallest absolute Gasteiger partial charge is 0.230 e. The Labute approximate surface area is 175 Å². The largest absolute Gasteiger partial charge is 0.342 e. The zero-order valence-corrected chi connectivity index (χ0v) is 17.5. The second kappa shape index (κ2) is 6.40. The van der Waals surface area contributed by atoms with Crippen LogP contribution in [0.25, 0.3) is 22.3 Å². The van der Waals surface area contributed by atoms with Crippen molar-refractivity contribution in [1.29, 1.82) is 0 Å². The maximum atomic E-state index is 12.8.